The highest BCUT2D eigenvalue weighted by molar-refractivity contribution is 6.31. The van der Waals surface area contributed by atoms with Gasteiger partial charge in [0.05, 0.1) is 11.4 Å². The summed E-state index contributed by atoms with van der Waals surface area (Å²) >= 11 is 5.90. The third kappa shape index (κ3) is 2.06. The summed E-state index contributed by atoms with van der Waals surface area (Å²) in [5.41, 5.74) is 1.47. The molecule has 0 unspecified atom stereocenters. The van der Waals surface area contributed by atoms with Crippen molar-refractivity contribution in [1.29, 1.82) is 0 Å². The zero-order chi connectivity index (χ0) is 12.7. The Balaban J connectivity index is 2.06. The lowest BCUT2D eigenvalue weighted by atomic mass is 10.3. The van der Waals surface area contributed by atoms with E-state index in [1.54, 1.807) is 12.3 Å². The number of aromatic nitrogens is 3. The lowest BCUT2D eigenvalue weighted by Crippen LogP contribution is -2.08. The molecule has 3 rings (SSSR count). The summed E-state index contributed by atoms with van der Waals surface area (Å²) in [5, 5.41) is 9.35. The van der Waals surface area contributed by atoms with Crippen LogP contribution in [0.1, 0.15) is 31.0 Å². The number of carboxylic acids is 1. The number of carboxylic acid groups (broad SMARTS) is 1. The largest absolute Gasteiger partial charge is 0.481 e. The number of halogens is 1. The summed E-state index contributed by atoms with van der Waals surface area (Å²) in [6.45, 7) is 0.409. The quantitative estimate of drug-likeness (QED) is 0.922. The third-order valence-electron chi connectivity index (χ3n) is 3.07. The summed E-state index contributed by atoms with van der Waals surface area (Å²) in [7, 11) is 0. The van der Waals surface area contributed by atoms with Crippen LogP contribution in [0, 0.1) is 0 Å². The predicted octanol–water partition coefficient (Wildman–Crippen LogP) is 2.44. The first-order valence-corrected chi connectivity index (χ1v) is 6.26. The van der Waals surface area contributed by atoms with E-state index in [1.165, 1.54) is 0 Å². The van der Waals surface area contributed by atoms with Gasteiger partial charge in [-0.2, -0.15) is 0 Å². The van der Waals surface area contributed by atoms with Crippen LogP contribution in [0.4, 0.5) is 0 Å². The van der Waals surface area contributed by atoms with Crippen molar-refractivity contribution in [3.63, 3.8) is 0 Å². The summed E-state index contributed by atoms with van der Waals surface area (Å²) in [6, 6.07) is 1.77. The fourth-order valence-corrected chi connectivity index (χ4v) is 2.24. The van der Waals surface area contributed by atoms with Crippen molar-refractivity contribution in [2.24, 2.45) is 0 Å². The summed E-state index contributed by atoms with van der Waals surface area (Å²) in [4.78, 5) is 19.5. The second-order valence-electron chi connectivity index (χ2n) is 4.54. The first-order valence-electron chi connectivity index (χ1n) is 5.88. The van der Waals surface area contributed by atoms with E-state index in [0.717, 1.165) is 29.8 Å². The first-order chi connectivity index (χ1) is 8.65. The number of imidazole rings is 1. The maximum Gasteiger partial charge on any atom is 0.305 e. The predicted molar refractivity (Wildman–Crippen MR) is 66.8 cm³/mol. The molecule has 0 aromatic carbocycles. The Morgan fingerprint density at radius 3 is 3.00 bits per heavy atom. The molecule has 1 aliphatic carbocycles. The number of aryl methyl sites for hydroxylation is 1. The molecule has 1 N–H and O–H groups in total. The molecule has 18 heavy (non-hydrogen) atoms. The van der Waals surface area contributed by atoms with Crippen molar-refractivity contribution in [2.75, 3.05) is 0 Å². The molecule has 0 saturated heterocycles. The van der Waals surface area contributed by atoms with Crippen molar-refractivity contribution < 1.29 is 9.90 Å². The van der Waals surface area contributed by atoms with Crippen LogP contribution in [0.3, 0.4) is 0 Å². The summed E-state index contributed by atoms with van der Waals surface area (Å²) < 4.78 is 1.91. The van der Waals surface area contributed by atoms with Crippen molar-refractivity contribution in [1.82, 2.24) is 14.5 Å². The molecule has 2 aromatic heterocycles. The van der Waals surface area contributed by atoms with Crippen LogP contribution in [0.5, 0.6) is 0 Å². The molecular formula is C12H12ClN3O2. The minimum Gasteiger partial charge on any atom is -0.481 e. The Morgan fingerprint density at radius 1 is 1.56 bits per heavy atom. The van der Waals surface area contributed by atoms with Crippen LogP contribution >= 0.6 is 11.6 Å². The molecule has 5 nitrogen and oxygen atoms in total. The maximum atomic E-state index is 10.7. The van der Waals surface area contributed by atoms with Crippen molar-refractivity contribution in [3.05, 3.63) is 23.1 Å². The van der Waals surface area contributed by atoms with E-state index in [4.69, 9.17) is 16.7 Å². The Labute approximate surface area is 108 Å². The number of rotatable bonds is 4. The van der Waals surface area contributed by atoms with Crippen LogP contribution in [0.25, 0.3) is 11.2 Å². The molecule has 0 aliphatic heterocycles. The van der Waals surface area contributed by atoms with Crippen molar-refractivity contribution in [3.8, 4) is 0 Å². The van der Waals surface area contributed by atoms with E-state index in [-0.39, 0.29) is 6.42 Å². The number of pyridine rings is 1. The van der Waals surface area contributed by atoms with Crippen molar-refractivity contribution in [2.45, 2.75) is 31.7 Å². The van der Waals surface area contributed by atoms with E-state index in [0.29, 0.717) is 17.5 Å². The molecule has 2 heterocycles. The van der Waals surface area contributed by atoms with Crippen LogP contribution in [-0.2, 0) is 11.3 Å². The van der Waals surface area contributed by atoms with Gasteiger partial charge in [0.1, 0.15) is 11.3 Å². The van der Waals surface area contributed by atoms with Gasteiger partial charge in [0.2, 0.25) is 0 Å². The molecule has 1 fully saturated rings. The second-order valence-corrected chi connectivity index (χ2v) is 4.97. The Kier molecular flexibility index (Phi) is 2.70. The maximum absolute atomic E-state index is 10.7. The Hall–Kier alpha value is -1.62. The molecule has 0 radical (unpaired) electrons. The van der Waals surface area contributed by atoms with Crippen LogP contribution in [-0.4, -0.2) is 25.6 Å². The molecule has 0 spiro atoms. The molecule has 94 valence electrons. The van der Waals surface area contributed by atoms with Crippen LogP contribution in [0.15, 0.2) is 12.3 Å². The average molecular weight is 266 g/mol. The number of hydrogen-bond acceptors (Lipinski definition) is 3. The van der Waals surface area contributed by atoms with Gasteiger partial charge in [-0.25, -0.2) is 9.97 Å². The van der Waals surface area contributed by atoms with Crippen molar-refractivity contribution >= 4 is 28.7 Å². The molecule has 0 amide bonds. The van der Waals surface area contributed by atoms with E-state index in [1.807, 2.05) is 4.57 Å². The number of hydrogen-bond donors (Lipinski definition) is 1. The van der Waals surface area contributed by atoms with Gasteiger partial charge >= 0.3 is 5.97 Å². The Morgan fingerprint density at radius 2 is 2.33 bits per heavy atom. The molecule has 0 bridgehead atoms. The van der Waals surface area contributed by atoms with Gasteiger partial charge < -0.3 is 9.67 Å². The molecule has 1 saturated carbocycles. The Bertz CT molecular complexity index is 619. The van der Waals surface area contributed by atoms with Crippen LogP contribution in [0.2, 0.25) is 5.02 Å². The number of fused-ring (bicyclic) bond motifs is 1. The SMILES string of the molecule is O=C(O)CCn1c(C2CC2)nc2cc(Cl)cnc21. The number of nitrogens with zero attached hydrogens (tertiary/aromatic N) is 3. The van der Waals surface area contributed by atoms with Crippen LogP contribution < -0.4 is 0 Å². The van der Waals surface area contributed by atoms with Gasteiger partial charge in [-0.1, -0.05) is 11.6 Å². The van der Waals surface area contributed by atoms with Gasteiger partial charge in [-0.05, 0) is 18.9 Å². The van der Waals surface area contributed by atoms with Gasteiger partial charge in [-0.15, -0.1) is 0 Å². The minimum absolute atomic E-state index is 0.0789. The molecule has 6 heteroatoms. The van der Waals surface area contributed by atoms with E-state index < -0.39 is 5.97 Å². The fraction of sp³-hybridized carbons (Fsp3) is 0.417. The molecule has 0 atom stereocenters. The lowest BCUT2D eigenvalue weighted by molar-refractivity contribution is -0.137. The first kappa shape index (κ1) is 11.5. The smallest absolute Gasteiger partial charge is 0.305 e. The molecule has 1 aliphatic rings. The third-order valence-corrected chi connectivity index (χ3v) is 3.28. The van der Waals surface area contributed by atoms with Gasteiger partial charge in [0.15, 0.2) is 5.65 Å². The second kappa shape index (κ2) is 4.24. The highest BCUT2D eigenvalue weighted by Crippen LogP contribution is 2.40. The average Bonchev–Trinajstić information content (AvgIpc) is 3.09. The number of carbonyl (C=O) groups is 1. The topological polar surface area (TPSA) is 68.0 Å². The fourth-order valence-electron chi connectivity index (χ4n) is 2.08. The number of aliphatic carboxylic acids is 1. The monoisotopic (exact) mass is 265 g/mol. The zero-order valence-corrected chi connectivity index (χ0v) is 10.4. The highest BCUT2D eigenvalue weighted by atomic mass is 35.5. The van der Waals surface area contributed by atoms with Gasteiger partial charge in [0, 0.05) is 18.7 Å². The zero-order valence-electron chi connectivity index (χ0n) is 9.64. The normalized spacial score (nSPS) is 15.2. The highest BCUT2D eigenvalue weighted by Gasteiger charge is 2.30. The minimum atomic E-state index is -0.812. The standard InChI is InChI=1S/C12H12ClN3O2/c13-8-5-9-12(14-6-8)16(4-3-10(17)18)11(15-9)7-1-2-7/h5-7H,1-4H2,(H,17,18). The van der Waals surface area contributed by atoms with E-state index in [9.17, 15) is 4.79 Å². The van der Waals surface area contributed by atoms with Gasteiger partial charge in [-0.3, -0.25) is 4.79 Å². The molecular weight excluding hydrogens is 254 g/mol. The van der Waals surface area contributed by atoms with Gasteiger partial charge in [0.25, 0.3) is 0 Å². The summed E-state index contributed by atoms with van der Waals surface area (Å²) in [5.74, 6) is 0.584. The van der Waals surface area contributed by atoms with E-state index in [2.05, 4.69) is 9.97 Å². The van der Waals surface area contributed by atoms with E-state index >= 15 is 0 Å². The lowest BCUT2D eigenvalue weighted by Gasteiger charge is -2.05. The molecule has 2 aromatic rings. The summed E-state index contributed by atoms with van der Waals surface area (Å²) in [6.07, 6.45) is 3.88.